The molecule has 0 radical (unpaired) electrons. The van der Waals surface area contributed by atoms with E-state index < -0.39 is 17.8 Å². The molecule has 0 amide bonds. The van der Waals surface area contributed by atoms with E-state index in [0.29, 0.717) is 33.0 Å². The predicted molar refractivity (Wildman–Crippen MR) is 139 cm³/mol. The second-order valence-corrected chi connectivity index (χ2v) is 9.12. The summed E-state index contributed by atoms with van der Waals surface area (Å²) in [5, 5.41) is 25.5. The quantitative estimate of drug-likeness (QED) is 0.248. The summed E-state index contributed by atoms with van der Waals surface area (Å²) in [7, 11) is 0. The SMILES string of the molecule is CC(C)n1cc([C@@H](Nc2cc(Cl)c3ncc(C#N)c(Nc4cnc(F)c(F)c4)c3c2)c2cccnc2)nn1. The summed E-state index contributed by atoms with van der Waals surface area (Å²) in [4.78, 5) is 12.0. The van der Waals surface area contributed by atoms with Crippen LogP contribution in [-0.4, -0.2) is 29.9 Å². The van der Waals surface area contributed by atoms with E-state index in [0.717, 1.165) is 17.8 Å². The normalized spacial score (nSPS) is 11.9. The van der Waals surface area contributed by atoms with Crippen LogP contribution in [0.15, 0.2) is 61.3 Å². The predicted octanol–water partition coefficient (Wildman–Crippen LogP) is 5.95. The Morgan fingerprint density at radius 1 is 1.08 bits per heavy atom. The van der Waals surface area contributed by atoms with Crippen LogP contribution in [0.2, 0.25) is 5.02 Å². The molecule has 1 atom stereocenters. The number of aromatic nitrogens is 6. The summed E-state index contributed by atoms with van der Waals surface area (Å²) in [6.45, 7) is 4.01. The Bertz CT molecular complexity index is 1670. The van der Waals surface area contributed by atoms with E-state index in [-0.39, 0.29) is 17.3 Å². The van der Waals surface area contributed by atoms with E-state index >= 15 is 0 Å². The highest BCUT2D eigenvalue weighted by molar-refractivity contribution is 6.36. The summed E-state index contributed by atoms with van der Waals surface area (Å²) in [6.07, 6.45) is 7.76. The zero-order valence-electron chi connectivity index (χ0n) is 20.2. The molecule has 5 rings (SSSR count). The number of fused-ring (bicyclic) bond motifs is 1. The minimum absolute atomic E-state index is 0.121. The van der Waals surface area contributed by atoms with Crippen LogP contribution in [0.25, 0.3) is 10.9 Å². The molecule has 0 saturated carbocycles. The van der Waals surface area contributed by atoms with Gasteiger partial charge in [-0.3, -0.25) is 9.97 Å². The Kier molecular flexibility index (Phi) is 6.81. The zero-order valence-corrected chi connectivity index (χ0v) is 20.9. The van der Waals surface area contributed by atoms with Gasteiger partial charge in [-0.05, 0) is 37.6 Å². The van der Waals surface area contributed by atoms with Crippen molar-refractivity contribution in [3.8, 4) is 6.07 Å². The summed E-state index contributed by atoms with van der Waals surface area (Å²) in [5.74, 6) is -2.35. The molecule has 0 saturated heterocycles. The second kappa shape index (κ2) is 10.4. The number of rotatable bonds is 7. The summed E-state index contributed by atoms with van der Waals surface area (Å²) in [6, 6.07) is 9.94. The van der Waals surface area contributed by atoms with E-state index in [1.807, 2.05) is 32.2 Å². The van der Waals surface area contributed by atoms with E-state index in [9.17, 15) is 14.0 Å². The van der Waals surface area contributed by atoms with Gasteiger partial charge in [-0.15, -0.1) is 5.10 Å². The fraction of sp³-hybridized carbons (Fsp3) is 0.154. The molecule has 0 unspecified atom stereocenters. The van der Waals surface area contributed by atoms with Crippen molar-refractivity contribution in [3.05, 3.63) is 94.9 Å². The van der Waals surface area contributed by atoms with Crippen molar-refractivity contribution in [1.29, 1.82) is 5.26 Å². The van der Waals surface area contributed by atoms with Crippen LogP contribution in [0.5, 0.6) is 0 Å². The molecule has 0 aliphatic carbocycles. The first kappa shape index (κ1) is 25.0. The molecule has 0 fully saturated rings. The van der Waals surface area contributed by atoms with Gasteiger partial charge in [-0.2, -0.15) is 9.65 Å². The summed E-state index contributed by atoms with van der Waals surface area (Å²) < 4.78 is 29.0. The zero-order chi connectivity index (χ0) is 26.8. The lowest BCUT2D eigenvalue weighted by Gasteiger charge is -2.19. The highest BCUT2D eigenvalue weighted by Gasteiger charge is 2.21. The van der Waals surface area contributed by atoms with Gasteiger partial charge in [0.1, 0.15) is 11.8 Å². The number of nitriles is 1. The molecule has 5 aromatic rings. The molecule has 0 aliphatic heterocycles. The smallest absolute Gasteiger partial charge is 0.249 e. The van der Waals surface area contributed by atoms with E-state index in [4.69, 9.17) is 11.6 Å². The number of hydrogen-bond donors (Lipinski definition) is 2. The third-order valence-electron chi connectivity index (χ3n) is 5.79. The van der Waals surface area contributed by atoms with Gasteiger partial charge in [-0.1, -0.05) is 22.9 Å². The number of hydrogen-bond acceptors (Lipinski definition) is 8. The Morgan fingerprint density at radius 3 is 2.61 bits per heavy atom. The van der Waals surface area contributed by atoms with E-state index in [1.165, 1.54) is 6.20 Å². The molecule has 190 valence electrons. The Hall–Kier alpha value is -4.69. The van der Waals surface area contributed by atoms with Crippen molar-refractivity contribution in [2.75, 3.05) is 10.6 Å². The van der Waals surface area contributed by atoms with Crippen molar-refractivity contribution in [2.24, 2.45) is 0 Å². The minimum atomic E-state index is -1.22. The number of benzene rings is 1. The maximum Gasteiger partial charge on any atom is 0.249 e. The largest absolute Gasteiger partial charge is 0.373 e. The summed E-state index contributed by atoms with van der Waals surface area (Å²) >= 11 is 6.62. The molecule has 1 aromatic carbocycles. The van der Waals surface area contributed by atoms with Gasteiger partial charge in [0.05, 0.1) is 45.9 Å². The average Bonchev–Trinajstić information content (AvgIpc) is 3.41. The molecule has 0 aliphatic rings. The van der Waals surface area contributed by atoms with Crippen LogP contribution < -0.4 is 10.6 Å². The number of pyridine rings is 3. The molecular formula is C26H20ClF2N9. The average molecular weight is 532 g/mol. The van der Waals surface area contributed by atoms with Crippen molar-refractivity contribution < 1.29 is 8.78 Å². The molecular weight excluding hydrogens is 512 g/mol. The fourth-order valence-electron chi connectivity index (χ4n) is 3.91. The highest BCUT2D eigenvalue weighted by Crippen LogP contribution is 2.36. The number of halogens is 3. The van der Waals surface area contributed by atoms with Crippen molar-refractivity contribution in [3.63, 3.8) is 0 Å². The standard InChI is InChI=1S/C26H20ClF2N9/c1-14(2)38-13-22(36-37-38)24(15-4-3-5-31-10-15)34-17-6-19-23(35-18-8-21(28)26(29)33-12-18)16(9-30)11-32-25(19)20(27)7-17/h3-8,10-14,24,34H,1-2H3,(H,32,35)/t24-/m0/s1. The molecule has 38 heavy (non-hydrogen) atoms. The van der Waals surface area contributed by atoms with E-state index in [2.05, 4.69) is 42.0 Å². The van der Waals surface area contributed by atoms with Crippen LogP contribution in [0.4, 0.5) is 25.8 Å². The third kappa shape index (κ3) is 4.94. The highest BCUT2D eigenvalue weighted by atomic mass is 35.5. The first-order valence-corrected chi connectivity index (χ1v) is 11.9. The number of nitrogens with one attached hydrogen (secondary N) is 2. The third-order valence-corrected chi connectivity index (χ3v) is 6.08. The lowest BCUT2D eigenvalue weighted by atomic mass is 10.0. The first-order chi connectivity index (χ1) is 18.3. The molecule has 12 heteroatoms. The topological polar surface area (TPSA) is 117 Å². The van der Waals surface area contributed by atoms with E-state index in [1.54, 1.807) is 29.2 Å². The van der Waals surface area contributed by atoms with Crippen molar-refractivity contribution in [1.82, 2.24) is 29.9 Å². The molecule has 4 heterocycles. The maximum atomic E-state index is 13.8. The maximum absolute atomic E-state index is 13.8. The monoisotopic (exact) mass is 531 g/mol. The van der Waals surface area contributed by atoms with Crippen molar-refractivity contribution in [2.45, 2.75) is 25.9 Å². The molecule has 2 N–H and O–H groups in total. The molecule has 9 nitrogen and oxygen atoms in total. The van der Waals surface area contributed by atoms with Crippen LogP contribution >= 0.6 is 11.6 Å². The van der Waals surface area contributed by atoms with Gasteiger partial charge in [0.25, 0.3) is 0 Å². The van der Waals surface area contributed by atoms with Gasteiger partial charge < -0.3 is 10.6 Å². The molecule has 0 spiro atoms. The van der Waals surface area contributed by atoms with Crippen LogP contribution in [-0.2, 0) is 0 Å². The van der Waals surface area contributed by atoms with Crippen molar-refractivity contribution >= 4 is 39.6 Å². The number of anilines is 3. The molecule has 4 aromatic heterocycles. The van der Waals surface area contributed by atoms with Gasteiger partial charge in [0.15, 0.2) is 5.82 Å². The minimum Gasteiger partial charge on any atom is -0.373 e. The Balaban J connectivity index is 1.61. The van der Waals surface area contributed by atoms with Crippen LogP contribution in [0.3, 0.4) is 0 Å². The van der Waals surface area contributed by atoms with Gasteiger partial charge in [0.2, 0.25) is 5.95 Å². The summed E-state index contributed by atoms with van der Waals surface area (Å²) in [5.41, 5.74) is 3.17. The van der Waals surface area contributed by atoms with Crippen LogP contribution in [0, 0.1) is 23.1 Å². The van der Waals surface area contributed by atoms with Crippen LogP contribution in [0.1, 0.15) is 42.8 Å². The second-order valence-electron chi connectivity index (χ2n) is 8.72. The lowest BCUT2D eigenvalue weighted by molar-refractivity contribution is 0.480. The number of nitrogens with zero attached hydrogens (tertiary/aromatic N) is 7. The van der Waals surface area contributed by atoms with Gasteiger partial charge >= 0.3 is 0 Å². The Morgan fingerprint density at radius 2 is 1.92 bits per heavy atom. The Labute approximate surface area is 221 Å². The first-order valence-electron chi connectivity index (χ1n) is 11.5. The molecule has 0 bridgehead atoms. The van der Waals surface area contributed by atoms with Gasteiger partial charge in [0, 0.05) is 41.8 Å². The van der Waals surface area contributed by atoms with Gasteiger partial charge in [-0.25, -0.2) is 14.1 Å². The lowest BCUT2D eigenvalue weighted by Crippen LogP contribution is -2.13. The fourth-order valence-corrected chi connectivity index (χ4v) is 4.18.